The van der Waals surface area contributed by atoms with Gasteiger partial charge in [0.25, 0.3) is 5.91 Å². The lowest BCUT2D eigenvalue weighted by atomic mass is 10.1. The number of fused-ring (bicyclic) bond motifs is 1. The summed E-state index contributed by atoms with van der Waals surface area (Å²) in [5, 5.41) is 3.81. The van der Waals surface area contributed by atoms with E-state index in [0.29, 0.717) is 24.4 Å². The van der Waals surface area contributed by atoms with Crippen LogP contribution in [0.2, 0.25) is 0 Å². The van der Waals surface area contributed by atoms with Crippen LogP contribution in [-0.4, -0.2) is 22.6 Å². The Kier molecular flexibility index (Phi) is 4.72. The zero-order valence-corrected chi connectivity index (χ0v) is 14.9. The second-order valence-electron chi connectivity index (χ2n) is 6.23. The van der Waals surface area contributed by atoms with Crippen LogP contribution in [0.1, 0.15) is 21.7 Å². The minimum atomic E-state index is -0.293. The number of amides is 1. The van der Waals surface area contributed by atoms with E-state index in [2.05, 4.69) is 10.3 Å². The number of ether oxygens (including phenoxy) is 1. The molecule has 6 nitrogen and oxygen atoms in total. The molecule has 0 unspecified atom stereocenters. The van der Waals surface area contributed by atoms with Crippen LogP contribution in [0.15, 0.2) is 71.7 Å². The predicted octanol–water partition coefficient (Wildman–Crippen LogP) is 4.08. The number of nitrogens with one attached hydrogen (secondary N) is 1. The summed E-state index contributed by atoms with van der Waals surface area (Å²) >= 11 is 0. The van der Waals surface area contributed by atoms with Gasteiger partial charge < -0.3 is 19.0 Å². The fourth-order valence-electron chi connectivity index (χ4n) is 3.10. The van der Waals surface area contributed by atoms with Crippen molar-refractivity contribution in [2.75, 3.05) is 12.4 Å². The number of imidazole rings is 1. The number of furan rings is 1. The third kappa shape index (κ3) is 3.61. The molecule has 6 heteroatoms. The number of anilines is 1. The molecule has 1 N–H and O–H groups in total. The van der Waals surface area contributed by atoms with Gasteiger partial charge in [-0.25, -0.2) is 4.98 Å². The number of rotatable bonds is 6. The van der Waals surface area contributed by atoms with Crippen LogP contribution in [0, 0.1) is 0 Å². The summed E-state index contributed by atoms with van der Waals surface area (Å²) in [6, 6.07) is 15.3. The van der Waals surface area contributed by atoms with Crippen LogP contribution in [0.5, 0.6) is 0 Å². The molecule has 4 rings (SSSR count). The summed E-state index contributed by atoms with van der Waals surface area (Å²) in [6.07, 6.45) is 5.40. The number of methoxy groups -OCH3 is 1. The molecule has 0 saturated carbocycles. The molecule has 0 aliphatic carbocycles. The van der Waals surface area contributed by atoms with Gasteiger partial charge >= 0.3 is 0 Å². The number of hydrogen-bond acceptors (Lipinski definition) is 4. The molecule has 0 bridgehead atoms. The zero-order valence-electron chi connectivity index (χ0n) is 14.9. The Morgan fingerprint density at radius 1 is 1.22 bits per heavy atom. The Bertz CT molecular complexity index is 1070. The number of carbonyl (C=O) groups is 1. The maximum atomic E-state index is 12.8. The Hall–Kier alpha value is -3.38. The monoisotopic (exact) mass is 361 g/mol. The molecule has 0 saturated heterocycles. The molecule has 27 heavy (non-hydrogen) atoms. The molecule has 2 heterocycles. The van der Waals surface area contributed by atoms with Gasteiger partial charge in [0.1, 0.15) is 5.58 Å². The Balaban J connectivity index is 1.59. The van der Waals surface area contributed by atoms with Crippen molar-refractivity contribution < 1.29 is 13.9 Å². The van der Waals surface area contributed by atoms with Crippen molar-refractivity contribution in [1.82, 2.24) is 9.55 Å². The van der Waals surface area contributed by atoms with Gasteiger partial charge in [-0.15, -0.1) is 0 Å². The summed E-state index contributed by atoms with van der Waals surface area (Å²) < 4.78 is 13.0. The maximum absolute atomic E-state index is 12.8. The first-order valence-corrected chi connectivity index (χ1v) is 8.60. The van der Waals surface area contributed by atoms with Gasteiger partial charge in [-0.3, -0.25) is 4.79 Å². The quantitative estimate of drug-likeness (QED) is 0.562. The number of para-hydroxylation sites is 1. The molecule has 0 aliphatic rings. The Labute approximate surface area is 156 Å². The highest BCUT2D eigenvalue weighted by molar-refractivity contribution is 6.06. The summed E-state index contributed by atoms with van der Waals surface area (Å²) in [4.78, 5) is 16.9. The number of benzene rings is 2. The Morgan fingerprint density at radius 2 is 2.11 bits per heavy atom. The summed E-state index contributed by atoms with van der Waals surface area (Å²) in [6.45, 7) is 0.990. The smallest absolute Gasteiger partial charge is 0.291 e. The third-order valence-electron chi connectivity index (χ3n) is 4.30. The van der Waals surface area contributed by atoms with E-state index < -0.39 is 0 Å². The molecule has 0 radical (unpaired) electrons. The molecular weight excluding hydrogens is 342 g/mol. The van der Waals surface area contributed by atoms with Crippen LogP contribution in [0.25, 0.3) is 11.0 Å². The third-order valence-corrected chi connectivity index (χ3v) is 4.30. The van der Waals surface area contributed by atoms with Gasteiger partial charge in [0, 0.05) is 42.7 Å². The molecule has 4 aromatic rings. The van der Waals surface area contributed by atoms with Crippen LogP contribution in [0.4, 0.5) is 5.69 Å². The average Bonchev–Trinajstić information content (AvgIpc) is 3.31. The second kappa shape index (κ2) is 7.47. The molecule has 0 aliphatic heterocycles. The number of carbonyl (C=O) groups excluding carboxylic acids is 1. The Morgan fingerprint density at radius 3 is 2.93 bits per heavy atom. The molecule has 2 aromatic carbocycles. The van der Waals surface area contributed by atoms with Gasteiger partial charge in [0.05, 0.1) is 12.9 Å². The largest absolute Gasteiger partial charge is 0.451 e. The van der Waals surface area contributed by atoms with E-state index in [1.165, 1.54) is 0 Å². The number of nitrogens with zero attached hydrogens (tertiary/aromatic N) is 2. The average molecular weight is 361 g/mol. The van der Waals surface area contributed by atoms with E-state index >= 15 is 0 Å². The van der Waals surface area contributed by atoms with Gasteiger partial charge in [-0.1, -0.05) is 30.3 Å². The topological polar surface area (TPSA) is 69.3 Å². The van der Waals surface area contributed by atoms with E-state index in [-0.39, 0.29) is 11.7 Å². The standard InChI is InChI=1S/C21H19N3O3/c1-26-13-18-17-7-2-3-8-19(17)27-20(18)21(25)23-16-6-4-5-15(11-16)12-24-10-9-22-14-24/h2-11,14H,12-13H2,1H3,(H,23,25). The van der Waals surface area contributed by atoms with Crippen molar-refractivity contribution in [2.45, 2.75) is 13.2 Å². The highest BCUT2D eigenvalue weighted by atomic mass is 16.5. The summed E-state index contributed by atoms with van der Waals surface area (Å²) in [7, 11) is 1.60. The lowest BCUT2D eigenvalue weighted by Gasteiger charge is -2.08. The van der Waals surface area contributed by atoms with Crippen LogP contribution >= 0.6 is 0 Å². The predicted molar refractivity (Wildman–Crippen MR) is 103 cm³/mol. The molecular formula is C21H19N3O3. The van der Waals surface area contributed by atoms with Crippen molar-refractivity contribution in [3.05, 3.63) is 84.1 Å². The normalized spacial score (nSPS) is 11.0. The van der Waals surface area contributed by atoms with Crippen LogP contribution in [-0.2, 0) is 17.9 Å². The lowest BCUT2D eigenvalue weighted by molar-refractivity contribution is 0.0992. The van der Waals surface area contributed by atoms with Crippen LogP contribution < -0.4 is 5.32 Å². The lowest BCUT2D eigenvalue weighted by Crippen LogP contribution is -2.13. The molecule has 1 amide bonds. The van der Waals surface area contributed by atoms with Crippen molar-refractivity contribution in [1.29, 1.82) is 0 Å². The second-order valence-corrected chi connectivity index (χ2v) is 6.23. The molecule has 0 atom stereocenters. The first-order chi connectivity index (χ1) is 13.2. The fraction of sp³-hybridized carbons (Fsp3) is 0.143. The molecule has 2 aromatic heterocycles. The molecule has 0 fully saturated rings. The van der Waals surface area contributed by atoms with Crippen LogP contribution in [0.3, 0.4) is 0 Å². The summed E-state index contributed by atoms with van der Waals surface area (Å²) in [5.41, 5.74) is 3.19. The zero-order chi connectivity index (χ0) is 18.6. The fourth-order valence-corrected chi connectivity index (χ4v) is 3.10. The molecule has 136 valence electrons. The van der Waals surface area contributed by atoms with Gasteiger partial charge in [-0.05, 0) is 23.8 Å². The van der Waals surface area contributed by atoms with E-state index in [1.807, 2.05) is 59.3 Å². The first kappa shape index (κ1) is 17.1. The van der Waals surface area contributed by atoms with E-state index in [0.717, 1.165) is 16.5 Å². The number of aromatic nitrogens is 2. The van der Waals surface area contributed by atoms with E-state index in [9.17, 15) is 4.79 Å². The van der Waals surface area contributed by atoms with E-state index in [4.69, 9.17) is 9.15 Å². The number of hydrogen-bond donors (Lipinski definition) is 1. The summed E-state index contributed by atoms with van der Waals surface area (Å²) in [5.74, 6) is -0.0175. The van der Waals surface area contributed by atoms with E-state index in [1.54, 1.807) is 19.6 Å². The van der Waals surface area contributed by atoms with Crippen molar-refractivity contribution in [3.63, 3.8) is 0 Å². The van der Waals surface area contributed by atoms with Crippen molar-refractivity contribution >= 4 is 22.6 Å². The minimum Gasteiger partial charge on any atom is -0.451 e. The highest BCUT2D eigenvalue weighted by Gasteiger charge is 2.20. The minimum absolute atomic E-state index is 0.276. The molecule has 0 spiro atoms. The van der Waals surface area contributed by atoms with Gasteiger partial charge in [0.15, 0.2) is 5.76 Å². The van der Waals surface area contributed by atoms with Gasteiger partial charge in [-0.2, -0.15) is 0 Å². The van der Waals surface area contributed by atoms with Gasteiger partial charge in [0.2, 0.25) is 0 Å². The van der Waals surface area contributed by atoms with Crippen molar-refractivity contribution in [3.8, 4) is 0 Å². The SMILES string of the molecule is COCc1c(C(=O)Nc2cccc(Cn3ccnc3)c2)oc2ccccc12. The van der Waals surface area contributed by atoms with Crippen molar-refractivity contribution in [2.24, 2.45) is 0 Å². The first-order valence-electron chi connectivity index (χ1n) is 8.60. The highest BCUT2D eigenvalue weighted by Crippen LogP contribution is 2.27. The maximum Gasteiger partial charge on any atom is 0.291 e.